The number of benzene rings is 1. The molecular weight excluding hydrogens is 290 g/mol. The summed E-state index contributed by atoms with van der Waals surface area (Å²) in [7, 11) is 1.77. The van der Waals surface area contributed by atoms with E-state index in [1.54, 1.807) is 17.8 Å². The minimum atomic E-state index is -0.126. The van der Waals surface area contributed by atoms with Crippen molar-refractivity contribution in [2.24, 2.45) is 7.05 Å². The number of hydrogen-bond donors (Lipinski definition) is 1. The topological polar surface area (TPSA) is 56.1 Å². The van der Waals surface area contributed by atoms with Gasteiger partial charge in [0.25, 0.3) is 5.91 Å². The molecular formula is C18H25N3O2. The molecule has 1 atom stereocenters. The lowest BCUT2D eigenvalue weighted by Crippen LogP contribution is -2.25. The summed E-state index contributed by atoms with van der Waals surface area (Å²) in [6.45, 7) is 6.55. The molecule has 23 heavy (non-hydrogen) atoms. The summed E-state index contributed by atoms with van der Waals surface area (Å²) >= 11 is 0. The van der Waals surface area contributed by atoms with Crippen LogP contribution in [0.25, 0.3) is 0 Å². The van der Waals surface area contributed by atoms with Crippen molar-refractivity contribution in [3.05, 3.63) is 47.3 Å². The van der Waals surface area contributed by atoms with Gasteiger partial charge in [-0.1, -0.05) is 25.5 Å². The third-order valence-corrected chi connectivity index (χ3v) is 3.62. The SMILES string of the molecule is CCCC(C)Oc1cccc(CNC(=O)c2cc(C)nn2C)c1. The fraction of sp³-hybridized carbons (Fsp3) is 0.444. The van der Waals surface area contributed by atoms with Crippen molar-refractivity contribution in [3.8, 4) is 5.75 Å². The number of rotatable bonds is 7. The van der Waals surface area contributed by atoms with Crippen molar-refractivity contribution < 1.29 is 9.53 Å². The molecule has 1 aromatic heterocycles. The number of carbonyl (C=O) groups excluding carboxylic acids is 1. The molecule has 0 fully saturated rings. The Morgan fingerprint density at radius 2 is 2.17 bits per heavy atom. The fourth-order valence-corrected chi connectivity index (χ4v) is 2.52. The van der Waals surface area contributed by atoms with E-state index in [-0.39, 0.29) is 12.0 Å². The van der Waals surface area contributed by atoms with E-state index in [1.165, 1.54) is 0 Å². The first kappa shape index (κ1) is 17.1. The van der Waals surface area contributed by atoms with Gasteiger partial charge in [-0.3, -0.25) is 9.48 Å². The van der Waals surface area contributed by atoms with Crippen molar-refractivity contribution in [1.29, 1.82) is 0 Å². The van der Waals surface area contributed by atoms with Gasteiger partial charge in [-0.15, -0.1) is 0 Å². The molecule has 124 valence electrons. The zero-order chi connectivity index (χ0) is 16.8. The smallest absolute Gasteiger partial charge is 0.269 e. The highest BCUT2D eigenvalue weighted by molar-refractivity contribution is 5.92. The minimum absolute atomic E-state index is 0.126. The lowest BCUT2D eigenvalue weighted by atomic mass is 10.2. The molecule has 1 amide bonds. The van der Waals surface area contributed by atoms with Crippen molar-refractivity contribution in [2.45, 2.75) is 46.3 Å². The molecule has 5 nitrogen and oxygen atoms in total. The van der Waals surface area contributed by atoms with Gasteiger partial charge in [0, 0.05) is 13.6 Å². The Kier molecular flexibility index (Phi) is 5.79. The van der Waals surface area contributed by atoms with Gasteiger partial charge < -0.3 is 10.1 Å². The predicted octanol–water partition coefficient (Wildman–Crippen LogP) is 3.23. The van der Waals surface area contributed by atoms with Gasteiger partial charge >= 0.3 is 0 Å². The third-order valence-electron chi connectivity index (χ3n) is 3.62. The second-order valence-corrected chi connectivity index (χ2v) is 5.84. The van der Waals surface area contributed by atoms with E-state index in [1.807, 2.05) is 31.2 Å². The molecule has 2 rings (SSSR count). The van der Waals surface area contributed by atoms with Gasteiger partial charge in [-0.25, -0.2) is 0 Å². The van der Waals surface area contributed by atoms with Crippen LogP contribution in [0.3, 0.4) is 0 Å². The Morgan fingerprint density at radius 1 is 1.39 bits per heavy atom. The van der Waals surface area contributed by atoms with E-state index in [0.29, 0.717) is 12.2 Å². The number of hydrogen-bond acceptors (Lipinski definition) is 3. The Hall–Kier alpha value is -2.30. The van der Waals surface area contributed by atoms with E-state index < -0.39 is 0 Å². The molecule has 0 saturated carbocycles. The first-order chi connectivity index (χ1) is 11.0. The average molecular weight is 315 g/mol. The van der Waals surface area contributed by atoms with Crippen LogP contribution in [0.1, 0.15) is 48.4 Å². The number of nitrogens with one attached hydrogen (secondary N) is 1. The van der Waals surface area contributed by atoms with Gasteiger partial charge in [0.1, 0.15) is 11.4 Å². The molecule has 1 heterocycles. The van der Waals surface area contributed by atoms with Gasteiger partial charge in [0.15, 0.2) is 0 Å². The maximum atomic E-state index is 12.2. The lowest BCUT2D eigenvalue weighted by molar-refractivity contribution is 0.0941. The monoisotopic (exact) mass is 315 g/mol. The van der Waals surface area contributed by atoms with Crippen molar-refractivity contribution in [2.75, 3.05) is 0 Å². The standard InChI is InChI=1S/C18H25N3O2/c1-5-7-14(3)23-16-9-6-8-15(11-16)12-19-18(22)17-10-13(2)20-21(17)4/h6,8-11,14H,5,7,12H2,1-4H3,(H,19,22). The van der Waals surface area contributed by atoms with Gasteiger partial charge in [0.2, 0.25) is 0 Å². The summed E-state index contributed by atoms with van der Waals surface area (Å²) in [5.41, 5.74) is 2.41. The van der Waals surface area contributed by atoms with Gasteiger partial charge in [0.05, 0.1) is 11.8 Å². The zero-order valence-corrected chi connectivity index (χ0v) is 14.3. The normalized spacial score (nSPS) is 12.0. The lowest BCUT2D eigenvalue weighted by Gasteiger charge is -2.14. The summed E-state index contributed by atoms with van der Waals surface area (Å²) in [6.07, 6.45) is 2.32. The van der Waals surface area contributed by atoms with Crippen molar-refractivity contribution >= 4 is 5.91 Å². The van der Waals surface area contributed by atoms with Crippen LogP contribution >= 0.6 is 0 Å². The van der Waals surface area contributed by atoms with Crippen LogP contribution in [0, 0.1) is 6.92 Å². The van der Waals surface area contributed by atoms with E-state index >= 15 is 0 Å². The predicted molar refractivity (Wildman–Crippen MR) is 90.6 cm³/mol. The number of aromatic nitrogens is 2. The van der Waals surface area contributed by atoms with Crippen LogP contribution in [-0.4, -0.2) is 21.8 Å². The molecule has 1 N–H and O–H groups in total. The Balaban J connectivity index is 1.95. The van der Waals surface area contributed by atoms with Crippen molar-refractivity contribution in [3.63, 3.8) is 0 Å². The van der Waals surface area contributed by atoms with Crippen molar-refractivity contribution in [1.82, 2.24) is 15.1 Å². The Bertz CT molecular complexity index is 664. The highest BCUT2D eigenvalue weighted by Crippen LogP contribution is 2.16. The van der Waals surface area contributed by atoms with E-state index in [2.05, 4.69) is 24.3 Å². The molecule has 2 aromatic rings. The van der Waals surface area contributed by atoms with Crippen LogP contribution < -0.4 is 10.1 Å². The summed E-state index contributed by atoms with van der Waals surface area (Å²) < 4.78 is 7.48. The molecule has 0 saturated heterocycles. The van der Waals surface area contributed by atoms with Crippen LogP contribution in [0.15, 0.2) is 30.3 Å². The van der Waals surface area contributed by atoms with Crippen LogP contribution in [0.5, 0.6) is 5.75 Å². The van der Waals surface area contributed by atoms with E-state index in [9.17, 15) is 4.79 Å². The molecule has 0 spiro atoms. The van der Waals surface area contributed by atoms with Gasteiger partial charge in [-0.2, -0.15) is 5.10 Å². The average Bonchev–Trinajstić information content (AvgIpc) is 2.84. The fourth-order valence-electron chi connectivity index (χ4n) is 2.52. The molecule has 0 radical (unpaired) electrons. The summed E-state index contributed by atoms with van der Waals surface area (Å²) in [4.78, 5) is 12.2. The summed E-state index contributed by atoms with van der Waals surface area (Å²) in [6, 6.07) is 9.63. The molecule has 0 aliphatic carbocycles. The Labute approximate surface area is 137 Å². The zero-order valence-electron chi connectivity index (χ0n) is 14.3. The summed E-state index contributed by atoms with van der Waals surface area (Å²) in [5.74, 6) is 0.716. The maximum Gasteiger partial charge on any atom is 0.269 e. The molecule has 0 bridgehead atoms. The number of ether oxygens (including phenoxy) is 1. The van der Waals surface area contributed by atoms with Gasteiger partial charge in [-0.05, 0) is 44.0 Å². The van der Waals surface area contributed by atoms with E-state index in [0.717, 1.165) is 29.8 Å². The number of carbonyl (C=O) groups is 1. The second kappa shape index (κ2) is 7.81. The minimum Gasteiger partial charge on any atom is -0.491 e. The molecule has 1 unspecified atom stereocenters. The van der Waals surface area contributed by atoms with Crippen LogP contribution in [-0.2, 0) is 13.6 Å². The van der Waals surface area contributed by atoms with E-state index in [4.69, 9.17) is 4.74 Å². The first-order valence-electron chi connectivity index (χ1n) is 8.04. The quantitative estimate of drug-likeness (QED) is 0.853. The highest BCUT2D eigenvalue weighted by Gasteiger charge is 2.11. The number of nitrogens with zero attached hydrogens (tertiary/aromatic N) is 2. The van der Waals surface area contributed by atoms with Crippen LogP contribution in [0.2, 0.25) is 0 Å². The largest absolute Gasteiger partial charge is 0.491 e. The Morgan fingerprint density at radius 3 is 2.83 bits per heavy atom. The number of aryl methyl sites for hydroxylation is 2. The molecule has 0 aliphatic rings. The molecule has 0 aliphatic heterocycles. The maximum absolute atomic E-state index is 12.2. The molecule has 1 aromatic carbocycles. The summed E-state index contributed by atoms with van der Waals surface area (Å²) in [5, 5.41) is 7.11. The molecule has 5 heteroatoms. The number of amides is 1. The highest BCUT2D eigenvalue weighted by atomic mass is 16.5. The third kappa shape index (κ3) is 4.84. The first-order valence-corrected chi connectivity index (χ1v) is 8.04. The second-order valence-electron chi connectivity index (χ2n) is 5.84. The van der Waals surface area contributed by atoms with Crippen LogP contribution in [0.4, 0.5) is 0 Å².